The molecule has 0 saturated heterocycles. The Morgan fingerprint density at radius 3 is 1.55 bits per heavy atom. The lowest BCUT2D eigenvalue weighted by molar-refractivity contribution is 0.137. The van der Waals surface area contributed by atoms with E-state index < -0.39 is 6.16 Å². The predicted octanol–water partition coefficient (Wildman–Crippen LogP) is 2.53. The standard InChI is InChI=1S/C6H11F.CH2O3/c1-5(2)6(3)4-7;2-1(3)4/h4H2,1-3H3;(H2,2,3,4). The van der Waals surface area contributed by atoms with E-state index in [1.807, 2.05) is 13.8 Å². The van der Waals surface area contributed by atoms with Crippen molar-refractivity contribution in [1.82, 2.24) is 0 Å². The Kier molecular flexibility index (Phi) is 8.08. The summed E-state index contributed by atoms with van der Waals surface area (Å²) >= 11 is 0. The molecule has 0 aromatic heterocycles. The smallest absolute Gasteiger partial charge is 0.450 e. The van der Waals surface area contributed by atoms with Crippen LogP contribution >= 0.6 is 0 Å². The van der Waals surface area contributed by atoms with E-state index in [1.165, 1.54) is 0 Å². The number of hydrogen-bond donors (Lipinski definition) is 2. The molecule has 4 heteroatoms. The van der Waals surface area contributed by atoms with Crippen LogP contribution in [-0.2, 0) is 0 Å². The van der Waals surface area contributed by atoms with Gasteiger partial charge in [-0.15, -0.1) is 0 Å². The van der Waals surface area contributed by atoms with Gasteiger partial charge in [0.25, 0.3) is 0 Å². The molecule has 3 nitrogen and oxygen atoms in total. The largest absolute Gasteiger partial charge is 0.503 e. The minimum atomic E-state index is -1.83. The zero-order chi connectivity index (χ0) is 9.44. The first-order valence-electron chi connectivity index (χ1n) is 3.02. The Bertz CT molecular complexity index is 144. The molecule has 0 aliphatic heterocycles. The highest BCUT2D eigenvalue weighted by Gasteiger charge is 1.85. The summed E-state index contributed by atoms with van der Waals surface area (Å²) in [5.41, 5.74) is 1.93. The predicted molar refractivity (Wildman–Crippen MR) is 40.7 cm³/mol. The van der Waals surface area contributed by atoms with Crippen molar-refractivity contribution < 1.29 is 19.4 Å². The molecule has 0 rings (SSSR count). The van der Waals surface area contributed by atoms with Crippen molar-refractivity contribution in [3.63, 3.8) is 0 Å². The van der Waals surface area contributed by atoms with Crippen LogP contribution in [0.1, 0.15) is 20.8 Å². The Balaban J connectivity index is 0. The van der Waals surface area contributed by atoms with Crippen molar-refractivity contribution in [3.05, 3.63) is 11.1 Å². The number of rotatable bonds is 1. The Morgan fingerprint density at radius 1 is 1.27 bits per heavy atom. The van der Waals surface area contributed by atoms with Crippen LogP contribution in [0, 0.1) is 0 Å². The number of allylic oxidation sites excluding steroid dienone is 2. The molecular formula is C7H13FO3. The third-order valence-electron chi connectivity index (χ3n) is 1.05. The monoisotopic (exact) mass is 164 g/mol. The maximum Gasteiger partial charge on any atom is 0.503 e. The van der Waals surface area contributed by atoms with Gasteiger partial charge in [0.05, 0.1) is 0 Å². The van der Waals surface area contributed by atoms with Crippen molar-refractivity contribution in [1.29, 1.82) is 0 Å². The maximum absolute atomic E-state index is 11.6. The highest BCUT2D eigenvalue weighted by molar-refractivity contribution is 5.53. The summed E-state index contributed by atoms with van der Waals surface area (Å²) in [6.07, 6.45) is -1.83. The van der Waals surface area contributed by atoms with Crippen LogP contribution in [0.4, 0.5) is 9.18 Å². The summed E-state index contributed by atoms with van der Waals surface area (Å²) < 4.78 is 11.6. The first-order chi connectivity index (χ1) is 4.91. The summed E-state index contributed by atoms with van der Waals surface area (Å²) in [5.74, 6) is 0. The van der Waals surface area contributed by atoms with Crippen molar-refractivity contribution in [2.75, 3.05) is 6.67 Å². The molecule has 0 spiro atoms. The van der Waals surface area contributed by atoms with Gasteiger partial charge in [0.2, 0.25) is 0 Å². The molecule has 0 unspecified atom stereocenters. The van der Waals surface area contributed by atoms with Gasteiger partial charge in [-0.05, 0) is 26.3 Å². The van der Waals surface area contributed by atoms with Gasteiger partial charge in [0.15, 0.2) is 0 Å². The Morgan fingerprint density at radius 2 is 1.55 bits per heavy atom. The van der Waals surface area contributed by atoms with Crippen molar-refractivity contribution in [3.8, 4) is 0 Å². The lowest BCUT2D eigenvalue weighted by Crippen LogP contribution is -1.81. The molecular weight excluding hydrogens is 151 g/mol. The van der Waals surface area contributed by atoms with Gasteiger partial charge in [-0.3, -0.25) is 0 Å². The van der Waals surface area contributed by atoms with Crippen LogP contribution in [0.5, 0.6) is 0 Å². The Hall–Kier alpha value is -1.06. The normalized spacial score (nSPS) is 7.64. The average molecular weight is 164 g/mol. The molecule has 0 saturated carbocycles. The maximum atomic E-state index is 11.6. The van der Waals surface area contributed by atoms with Gasteiger partial charge in [-0.1, -0.05) is 5.57 Å². The first kappa shape index (κ1) is 12.6. The molecule has 2 N–H and O–H groups in total. The fourth-order valence-electron chi connectivity index (χ4n) is 0.134. The molecule has 0 amide bonds. The van der Waals surface area contributed by atoms with Gasteiger partial charge in [-0.25, -0.2) is 9.18 Å². The number of carboxylic acid groups (broad SMARTS) is 2. The molecule has 0 aliphatic rings. The molecule has 0 aromatic carbocycles. The molecule has 0 bridgehead atoms. The van der Waals surface area contributed by atoms with Gasteiger partial charge >= 0.3 is 6.16 Å². The SMILES string of the molecule is CC(C)=C(C)CF.O=C(O)O. The summed E-state index contributed by atoms with van der Waals surface area (Å²) in [5, 5.41) is 13.9. The second-order valence-corrected chi connectivity index (χ2v) is 2.20. The van der Waals surface area contributed by atoms with Crippen molar-refractivity contribution in [2.45, 2.75) is 20.8 Å². The second-order valence-electron chi connectivity index (χ2n) is 2.20. The summed E-state index contributed by atoms with van der Waals surface area (Å²) in [6.45, 7) is 5.32. The third kappa shape index (κ3) is 17.6. The first-order valence-corrected chi connectivity index (χ1v) is 3.02. The van der Waals surface area contributed by atoms with Crippen molar-refractivity contribution >= 4 is 6.16 Å². The van der Waals surface area contributed by atoms with E-state index in [0.29, 0.717) is 0 Å². The van der Waals surface area contributed by atoms with Crippen LogP contribution < -0.4 is 0 Å². The van der Waals surface area contributed by atoms with E-state index in [2.05, 4.69) is 0 Å². The average Bonchev–Trinajstić information content (AvgIpc) is 1.85. The molecule has 0 aliphatic carbocycles. The van der Waals surface area contributed by atoms with Crippen LogP contribution in [0.25, 0.3) is 0 Å². The Labute approximate surface area is 65.2 Å². The minimum Gasteiger partial charge on any atom is -0.450 e. The van der Waals surface area contributed by atoms with Crippen molar-refractivity contribution in [2.24, 2.45) is 0 Å². The van der Waals surface area contributed by atoms with Gasteiger partial charge in [0.1, 0.15) is 6.67 Å². The number of hydrogen-bond acceptors (Lipinski definition) is 1. The van der Waals surface area contributed by atoms with E-state index in [1.54, 1.807) is 6.92 Å². The van der Waals surface area contributed by atoms with Crippen LogP contribution in [-0.4, -0.2) is 23.0 Å². The summed E-state index contributed by atoms with van der Waals surface area (Å²) in [6, 6.07) is 0. The number of carbonyl (C=O) groups is 1. The zero-order valence-electron chi connectivity index (χ0n) is 6.89. The van der Waals surface area contributed by atoms with Crippen LogP contribution in [0.2, 0.25) is 0 Å². The lowest BCUT2D eigenvalue weighted by Gasteiger charge is -1.92. The quantitative estimate of drug-likeness (QED) is 0.585. The molecule has 11 heavy (non-hydrogen) atoms. The molecule has 66 valence electrons. The molecule has 0 atom stereocenters. The summed E-state index contributed by atoms with van der Waals surface area (Å²) in [7, 11) is 0. The fraction of sp³-hybridized carbons (Fsp3) is 0.571. The zero-order valence-corrected chi connectivity index (χ0v) is 6.89. The number of halogens is 1. The minimum absolute atomic E-state index is 0.303. The molecule has 0 fully saturated rings. The van der Waals surface area contributed by atoms with E-state index in [-0.39, 0.29) is 6.67 Å². The third-order valence-corrected chi connectivity index (χ3v) is 1.05. The van der Waals surface area contributed by atoms with E-state index in [0.717, 1.165) is 11.1 Å². The van der Waals surface area contributed by atoms with Gasteiger partial charge < -0.3 is 10.2 Å². The van der Waals surface area contributed by atoms with E-state index in [9.17, 15) is 4.39 Å². The molecule has 0 radical (unpaired) electrons. The fourth-order valence-corrected chi connectivity index (χ4v) is 0.134. The summed E-state index contributed by atoms with van der Waals surface area (Å²) in [4.78, 5) is 8.56. The topological polar surface area (TPSA) is 57.5 Å². The second kappa shape index (κ2) is 7.05. The number of alkyl halides is 1. The van der Waals surface area contributed by atoms with Gasteiger partial charge in [-0.2, -0.15) is 0 Å². The molecule has 0 aromatic rings. The molecule has 0 heterocycles. The van der Waals surface area contributed by atoms with Crippen LogP contribution in [0.3, 0.4) is 0 Å². The van der Waals surface area contributed by atoms with Gasteiger partial charge in [0, 0.05) is 0 Å². The van der Waals surface area contributed by atoms with E-state index >= 15 is 0 Å². The van der Waals surface area contributed by atoms with E-state index in [4.69, 9.17) is 15.0 Å². The highest BCUT2D eigenvalue weighted by Crippen LogP contribution is 2.00. The highest BCUT2D eigenvalue weighted by atomic mass is 19.1. The lowest BCUT2D eigenvalue weighted by atomic mass is 10.2. The van der Waals surface area contributed by atoms with Crippen LogP contribution in [0.15, 0.2) is 11.1 Å².